The van der Waals surface area contributed by atoms with Crippen molar-refractivity contribution in [1.82, 2.24) is 15.7 Å². The summed E-state index contributed by atoms with van der Waals surface area (Å²) >= 11 is 5.02. The monoisotopic (exact) mass is 283 g/mol. The van der Waals surface area contributed by atoms with Gasteiger partial charge in [-0.2, -0.15) is 10.4 Å². The third-order valence-corrected chi connectivity index (χ3v) is 2.86. The van der Waals surface area contributed by atoms with Gasteiger partial charge in [0, 0.05) is 29.2 Å². The molecule has 20 heavy (non-hydrogen) atoms. The molecular formula is C14H13N5S. The van der Waals surface area contributed by atoms with Gasteiger partial charge in [-0.15, -0.1) is 6.58 Å². The Labute approximate surface area is 122 Å². The number of H-pyrrole nitrogens is 1. The van der Waals surface area contributed by atoms with Crippen molar-refractivity contribution in [2.75, 3.05) is 6.54 Å². The van der Waals surface area contributed by atoms with Gasteiger partial charge in [0.2, 0.25) is 0 Å². The SMILES string of the molecule is C=CCNC(=S)N/N=C/c1c[nH]c2ccc(C#N)cc12. The van der Waals surface area contributed by atoms with Crippen molar-refractivity contribution in [3.8, 4) is 6.07 Å². The summed E-state index contributed by atoms with van der Waals surface area (Å²) in [6, 6.07) is 7.58. The van der Waals surface area contributed by atoms with Gasteiger partial charge >= 0.3 is 0 Å². The van der Waals surface area contributed by atoms with E-state index in [9.17, 15) is 0 Å². The van der Waals surface area contributed by atoms with Crippen molar-refractivity contribution in [1.29, 1.82) is 5.26 Å². The maximum Gasteiger partial charge on any atom is 0.187 e. The Balaban J connectivity index is 2.11. The molecule has 5 nitrogen and oxygen atoms in total. The number of fused-ring (bicyclic) bond motifs is 1. The van der Waals surface area contributed by atoms with E-state index in [1.165, 1.54) is 0 Å². The summed E-state index contributed by atoms with van der Waals surface area (Å²) in [6.45, 7) is 4.17. The summed E-state index contributed by atoms with van der Waals surface area (Å²) in [7, 11) is 0. The van der Waals surface area contributed by atoms with Crippen LogP contribution >= 0.6 is 12.2 Å². The van der Waals surface area contributed by atoms with Crippen molar-refractivity contribution in [2.24, 2.45) is 5.10 Å². The molecule has 6 heteroatoms. The van der Waals surface area contributed by atoms with E-state index in [4.69, 9.17) is 17.5 Å². The third kappa shape index (κ3) is 3.22. The summed E-state index contributed by atoms with van der Waals surface area (Å²) in [5.74, 6) is 0. The third-order valence-electron chi connectivity index (χ3n) is 2.62. The molecule has 1 heterocycles. The Morgan fingerprint density at radius 3 is 3.15 bits per heavy atom. The van der Waals surface area contributed by atoms with Gasteiger partial charge in [-0.1, -0.05) is 6.08 Å². The number of aromatic nitrogens is 1. The molecule has 0 amide bonds. The van der Waals surface area contributed by atoms with E-state index < -0.39 is 0 Å². The second kappa shape index (κ2) is 6.50. The number of nitrogens with one attached hydrogen (secondary N) is 3. The Kier molecular flexibility index (Phi) is 4.47. The van der Waals surface area contributed by atoms with Gasteiger partial charge in [-0.3, -0.25) is 5.43 Å². The standard InChI is InChI=1S/C14H13N5S/c1-2-5-16-14(20)19-18-9-11-8-17-13-4-3-10(7-15)6-12(11)13/h2-4,6,8-9,17H,1,5H2,(H2,16,19,20)/b18-9+. The van der Waals surface area contributed by atoms with E-state index >= 15 is 0 Å². The van der Waals surface area contributed by atoms with Crippen LogP contribution in [0.3, 0.4) is 0 Å². The zero-order valence-electron chi connectivity index (χ0n) is 10.7. The van der Waals surface area contributed by atoms with Crippen LogP contribution in [-0.4, -0.2) is 22.9 Å². The minimum atomic E-state index is 0.429. The van der Waals surface area contributed by atoms with Crippen molar-refractivity contribution in [3.63, 3.8) is 0 Å². The van der Waals surface area contributed by atoms with Crippen molar-refractivity contribution < 1.29 is 0 Å². The van der Waals surface area contributed by atoms with Gasteiger partial charge in [0.1, 0.15) is 0 Å². The molecule has 3 N–H and O–H groups in total. The van der Waals surface area contributed by atoms with Gasteiger partial charge in [0.05, 0.1) is 17.8 Å². The average Bonchev–Trinajstić information content (AvgIpc) is 2.87. The number of rotatable bonds is 4. The number of aromatic amines is 1. The lowest BCUT2D eigenvalue weighted by Crippen LogP contribution is -2.31. The van der Waals surface area contributed by atoms with E-state index in [1.807, 2.05) is 18.3 Å². The van der Waals surface area contributed by atoms with Crippen LogP contribution in [0.15, 0.2) is 42.2 Å². The molecule has 0 saturated heterocycles. The average molecular weight is 283 g/mol. The first-order valence-electron chi connectivity index (χ1n) is 5.93. The molecule has 0 spiro atoms. The highest BCUT2D eigenvalue weighted by Crippen LogP contribution is 2.18. The summed E-state index contributed by atoms with van der Waals surface area (Å²) in [4.78, 5) is 3.12. The number of hydrogen-bond acceptors (Lipinski definition) is 3. The van der Waals surface area contributed by atoms with Gasteiger partial charge in [-0.25, -0.2) is 0 Å². The van der Waals surface area contributed by atoms with Gasteiger partial charge in [-0.05, 0) is 30.4 Å². The van der Waals surface area contributed by atoms with Crippen molar-refractivity contribution in [3.05, 3.63) is 48.2 Å². The summed E-state index contributed by atoms with van der Waals surface area (Å²) < 4.78 is 0. The fourth-order valence-corrected chi connectivity index (χ4v) is 1.82. The lowest BCUT2D eigenvalue weighted by molar-refractivity contribution is 0.942. The van der Waals surface area contributed by atoms with Crippen molar-refractivity contribution in [2.45, 2.75) is 0 Å². The predicted octanol–water partition coefficient (Wildman–Crippen LogP) is 2.02. The molecule has 0 unspecified atom stereocenters. The molecule has 0 aliphatic carbocycles. The molecule has 0 saturated carbocycles. The van der Waals surface area contributed by atoms with E-state index in [2.05, 4.69) is 33.5 Å². The summed E-state index contributed by atoms with van der Waals surface area (Å²) in [5.41, 5.74) is 5.17. The van der Waals surface area contributed by atoms with Crippen LogP contribution in [0, 0.1) is 11.3 Å². The topological polar surface area (TPSA) is 76.0 Å². The molecule has 2 rings (SSSR count). The minimum absolute atomic E-state index is 0.429. The molecule has 0 bridgehead atoms. The Bertz CT molecular complexity index is 708. The van der Waals surface area contributed by atoms with Crippen LogP contribution in [0.4, 0.5) is 0 Å². The van der Waals surface area contributed by atoms with E-state index in [0.29, 0.717) is 17.2 Å². The van der Waals surface area contributed by atoms with Crippen LogP contribution < -0.4 is 10.7 Å². The maximum absolute atomic E-state index is 8.92. The van der Waals surface area contributed by atoms with E-state index in [1.54, 1.807) is 18.4 Å². The molecule has 2 aromatic rings. The zero-order valence-corrected chi connectivity index (χ0v) is 11.5. The number of hydrazone groups is 1. The van der Waals surface area contributed by atoms with Crippen LogP contribution in [0.1, 0.15) is 11.1 Å². The van der Waals surface area contributed by atoms with Crippen molar-refractivity contribution >= 4 is 34.4 Å². The largest absolute Gasteiger partial charge is 0.361 e. The quantitative estimate of drug-likeness (QED) is 0.347. The molecule has 0 aliphatic heterocycles. The molecule has 0 atom stereocenters. The minimum Gasteiger partial charge on any atom is -0.361 e. The lowest BCUT2D eigenvalue weighted by atomic mass is 10.1. The molecule has 0 aliphatic rings. The number of benzene rings is 1. The Hall–Kier alpha value is -2.65. The number of nitriles is 1. The first-order valence-corrected chi connectivity index (χ1v) is 6.34. The second-order valence-corrected chi connectivity index (χ2v) is 4.39. The van der Waals surface area contributed by atoms with Gasteiger partial charge in [0.15, 0.2) is 5.11 Å². The van der Waals surface area contributed by atoms with Crippen LogP contribution in [0.2, 0.25) is 0 Å². The maximum atomic E-state index is 8.92. The predicted molar refractivity (Wildman–Crippen MR) is 84.5 cm³/mol. The van der Waals surface area contributed by atoms with Gasteiger partial charge < -0.3 is 10.3 Å². The number of nitrogens with zero attached hydrogens (tertiary/aromatic N) is 2. The number of thiocarbonyl (C=S) groups is 1. The molecule has 0 radical (unpaired) electrons. The van der Waals surface area contributed by atoms with Crippen LogP contribution in [0.5, 0.6) is 0 Å². The molecule has 1 aromatic carbocycles. The van der Waals surface area contributed by atoms with E-state index in [-0.39, 0.29) is 0 Å². The highest BCUT2D eigenvalue weighted by atomic mass is 32.1. The highest BCUT2D eigenvalue weighted by molar-refractivity contribution is 7.80. The second-order valence-electron chi connectivity index (χ2n) is 3.98. The highest BCUT2D eigenvalue weighted by Gasteiger charge is 2.02. The van der Waals surface area contributed by atoms with Gasteiger partial charge in [0.25, 0.3) is 0 Å². The Morgan fingerprint density at radius 1 is 1.55 bits per heavy atom. The van der Waals surface area contributed by atoms with E-state index in [0.717, 1.165) is 16.5 Å². The zero-order chi connectivity index (χ0) is 14.4. The van der Waals surface area contributed by atoms with Crippen LogP contribution in [0.25, 0.3) is 10.9 Å². The first-order chi connectivity index (χ1) is 9.74. The smallest absolute Gasteiger partial charge is 0.187 e. The molecule has 1 aromatic heterocycles. The number of hydrogen-bond donors (Lipinski definition) is 3. The molecule has 100 valence electrons. The van der Waals surface area contributed by atoms with Crippen LogP contribution in [-0.2, 0) is 0 Å². The first kappa shape index (κ1) is 13.8. The summed E-state index contributed by atoms with van der Waals surface area (Å²) in [6.07, 6.45) is 5.19. The molecule has 0 fully saturated rings. The fourth-order valence-electron chi connectivity index (χ4n) is 1.68. The normalized spacial score (nSPS) is 10.3. The molecular weight excluding hydrogens is 270 g/mol. The summed E-state index contributed by atoms with van der Waals surface area (Å²) in [5, 5.41) is 17.3. The lowest BCUT2D eigenvalue weighted by Gasteiger charge is -2.02. The Morgan fingerprint density at radius 2 is 2.40 bits per heavy atom. The fraction of sp³-hybridized carbons (Fsp3) is 0.0714.